The lowest BCUT2D eigenvalue weighted by molar-refractivity contribution is 1.04. The van der Waals surface area contributed by atoms with Crippen LogP contribution in [0.15, 0.2) is 48.8 Å². The molecule has 0 aliphatic carbocycles. The van der Waals surface area contributed by atoms with Crippen LogP contribution in [-0.4, -0.2) is 19.5 Å². The number of fused-ring (bicyclic) bond motifs is 2. The van der Waals surface area contributed by atoms with E-state index in [0.717, 1.165) is 39.1 Å². The number of nitrogens with zero attached hydrogens (tertiary/aromatic N) is 4. The van der Waals surface area contributed by atoms with Crippen LogP contribution in [0.4, 0.5) is 0 Å². The molecule has 0 aliphatic rings. The summed E-state index contributed by atoms with van der Waals surface area (Å²) < 4.78 is 2.09. The van der Waals surface area contributed by atoms with Crippen molar-refractivity contribution in [3.8, 4) is 5.69 Å². The average Bonchev–Trinajstić information content (AvgIpc) is 2.91. The first-order valence-electron chi connectivity index (χ1n) is 6.90. The van der Waals surface area contributed by atoms with Crippen molar-refractivity contribution in [2.24, 2.45) is 0 Å². The van der Waals surface area contributed by atoms with E-state index in [2.05, 4.69) is 43.8 Å². The third-order valence-corrected chi connectivity index (χ3v) is 3.71. The minimum Gasteiger partial charge on any atom is -0.301 e. The monoisotopic (exact) mass is 274 g/mol. The van der Waals surface area contributed by atoms with E-state index in [4.69, 9.17) is 0 Å². The third-order valence-electron chi connectivity index (χ3n) is 3.71. The summed E-state index contributed by atoms with van der Waals surface area (Å²) in [5.74, 6) is 0.806. The molecule has 0 amide bonds. The first-order valence-corrected chi connectivity index (χ1v) is 6.90. The SMILES string of the molecule is Cc1nc(C)c2cc(-n3ccc4cccnc43)ccc2n1. The summed E-state index contributed by atoms with van der Waals surface area (Å²) in [6.45, 7) is 3.94. The number of aryl methyl sites for hydroxylation is 2. The van der Waals surface area contributed by atoms with Crippen LogP contribution < -0.4 is 0 Å². The lowest BCUT2D eigenvalue weighted by Gasteiger charge is -2.08. The van der Waals surface area contributed by atoms with Gasteiger partial charge in [-0.25, -0.2) is 15.0 Å². The van der Waals surface area contributed by atoms with Gasteiger partial charge >= 0.3 is 0 Å². The van der Waals surface area contributed by atoms with Gasteiger partial charge in [0, 0.05) is 34.5 Å². The van der Waals surface area contributed by atoms with Gasteiger partial charge in [0.05, 0.1) is 5.52 Å². The Morgan fingerprint density at radius 2 is 1.90 bits per heavy atom. The van der Waals surface area contributed by atoms with Gasteiger partial charge in [0.1, 0.15) is 11.5 Å². The Balaban J connectivity index is 1.99. The van der Waals surface area contributed by atoms with Crippen LogP contribution in [0.5, 0.6) is 0 Å². The van der Waals surface area contributed by atoms with Gasteiger partial charge in [-0.15, -0.1) is 0 Å². The quantitative estimate of drug-likeness (QED) is 0.533. The number of rotatable bonds is 1. The van der Waals surface area contributed by atoms with E-state index in [0.29, 0.717) is 0 Å². The molecule has 4 heteroatoms. The molecule has 0 unspecified atom stereocenters. The van der Waals surface area contributed by atoms with Crippen molar-refractivity contribution in [2.45, 2.75) is 13.8 Å². The Morgan fingerprint density at radius 1 is 1.00 bits per heavy atom. The molecule has 0 aliphatic heterocycles. The zero-order chi connectivity index (χ0) is 14.4. The topological polar surface area (TPSA) is 43.6 Å². The van der Waals surface area contributed by atoms with Gasteiger partial charge in [0.15, 0.2) is 0 Å². The molecule has 3 aromatic heterocycles. The summed E-state index contributed by atoms with van der Waals surface area (Å²) in [6.07, 6.45) is 3.86. The Bertz CT molecular complexity index is 969. The van der Waals surface area contributed by atoms with Crippen LogP contribution in [0.25, 0.3) is 27.6 Å². The van der Waals surface area contributed by atoms with Crippen LogP contribution in [0.1, 0.15) is 11.5 Å². The van der Waals surface area contributed by atoms with Gasteiger partial charge < -0.3 is 4.57 Å². The summed E-state index contributed by atoms with van der Waals surface area (Å²) in [5.41, 5.74) is 4.02. The summed E-state index contributed by atoms with van der Waals surface area (Å²) in [6, 6.07) is 12.3. The first-order chi connectivity index (χ1) is 10.2. The van der Waals surface area contributed by atoms with Crippen LogP contribution in [0.3, 0.4) is 0 Å². The van der Waals surface area contributed by atoms with Crippen molar-refractivity contribution >= 4 is 21.9 Å². The Morgan fingerprint density at radius 3 is 2.81 bits per heavy atom. The Hall–Kier alpha value is -2.75. The average molecular weight is 274 g/mol. The zero-order valence-electron chi connectivity index (χ0n) is 11.9. The predicted molar refractivity (Wildman–Crippen MR) is 83.6 cm³/mol. The smallest absolute Gasteiger partial charge is 0.144 e. The van der Waals surface area contributed by atoms with E-state index in [1.807, 2.05) is 38.4 Å². The standard InChI is InChI=1S/C17H14N4/c1-11-15-10-14(5-6-16(15)20-12(2)19-11)21-9-7-13-4-3-8-18-17(13)21/h3-10H,1-2H3. The molecule has 4 nitrogen and oxygen atoms in total. The van der Waals surface area contributed by atoms with Gasteiger partial charge in [-0.05, 0) is 50.2 Å². The highest BCUT2D eigenvalue weighted by Crippen LogP contribution is 2.23. The summed E-state index contributed by atoms with van der Waals surface area (Å²) in [7, 11) is 0. The molecule has 3 heterocycles. The minimum atomic E-state index is 0.806. The van der Waals surface area contributed by atoms with Gasteiger partial charge in [-0.1, -0.05) is 0 Å². The number of hydrogen-bond donors (Lipinski definition) is 0. The molecule has 0 radical (unpaired) electrons. The van der Waals surface area contributed by atoms with Crippen molar-refractivity contribution in [1.82, 2.24) is 19.5 Å². The maximum atomic E-state index is 4.49. The molecule has 21 heavy (non-hydrogen) atoms. The maximum absolute atomic E-state index is 4.49. The van der Waals surface area contributed by atoms with E-state index in [1.54, 1.807) is 0 Å². The maximum Gasteiger partial charge on any atom is 0.144 e. The highest BCUT2D eigenvalue weighted by Gasteiger charge is 2.07. The van der Waals surface area contributed by atoms with Crippen LogP contribution in [-0.2, 0) is 0 Å². The van der Waals surface area contributed by atoms with E-state index >= 15 is 0 Å². The van der Waals surface area contributed by atoms with Crippen molar-refractivity contribution < 1.29 is 0 Å². The molecule has 0 N–H and O–H groups in total. The Labute approximate surface area is 122 Å². The molecule has 1 aromatic carbocycles. The van der Waals surface area contributed by atoms with E-state index in [-0.39, 0.29) is 0 Å². The van der Waals surface area contributed by atoms with Crippen molar-refractivity contribution in [2.75, 3.05) is 0 Å². The lowest BCUT2D eigenvalue weighted by atomic mass is 10.1. The van der Waals surface area contributed by atoms with Crippen molar-refractivity contribution in [3.05, 3.63) is 60.3 Å². The molecule has 4 rings (SSSR count). The fourth-order valence-electron chi connectivity index (χ4n) is 2.74. The number of aromatic nitrogens is 4. The van der Waals surface area contributed by atoms with E-state index in [9.17, 15) is 0 Å². The molecule has 0 atom stereocenters. The number of hydrogen-bond acceptors (Lipinski definition) is 3. The molecule has 0 saturated carbocycles. The second-order valence-electron chi connectivity index (χ2n) is 5.16. The summed E-state index contributed by atoms with van der Waals surface area (Å²) >= 11 is 0. The van der Waals surface area contributed by atoms with Crippen LogP contribution in [0.2, 0.25) is 0 Å². The van der Waals surface area contributed by atoms with Crippen LogP contribution in [0, 0.1) is 13.8 Å². The van der Waals surface area contributed by atoms with E-state index < -0.39 is 0 Å². The fraction of sp³-hybridized carbons (Fsp3) is 0.118. The predicted octanol–water partition coefficient (Wildman–Crippen LogP) is 3.59. The van der Waals surface area contributed by atoms with Crippen molar-refractivity contribution in [1.29, 1.82) is 0 Å². The highest BCUT2D eigenvalue weighted by molar-refractivity contribution is 5.84. The number of pyridine rings is 1. The second kappa shape index (κ2) is 4.38. The molecule has 0 fully saturated rings. The molecule has 102 valence electrons. The first kappa shape index (κ1) is 12.0. The van der Waals surface area contributed by atoms with Gasteiger partial charge in [0.2, 0.25) is 0 Å². The van der Waals surface area contributed by atoms with Crippen LogP contribution >= 0.6 is 0 Å². The molecular formula is C17H14N4. The normalized spacial score (nSPS) is 11.3. The lowest BCUT2D eigenvalue weighted by Crippen LogP contribution is -1.97. The third kappa shape index (κ3) is 1.88. The Kier molecular flexibility index (Phi) is 2.51. The summed E-state index contributed by atoms with van der Waals surface area (Å²) in [5, 5.41) is 2.21. The van der Waals surface area contributed by atoms with Gasteiger partial charge in [-0.2, -0.15) is 0 Å². The van der Waals surface area contributed by atoms with E-state index in [1.165, 1.54) is 0 Å². The zero-order valence-corrected chi connectivity index (χ0v) is 11.9. The largest absolute Gasteiger partial charge is 0.301 e. The summed E-state index contributed by atoms with van der Waals surface area (Å²) in [4.78, 5) is 13.4. The molecular weight excluding hydrogens is 260 g/mol. The molecule has 0 saturated heterocycles. The van der Waals surface area contributed by atoms with Gasteiger partial charge in [0.25, 0.3) is 0 Å². The number of benzene rings is 1. The van der Waals surface area contributed by atoms with Crippen molar-refractivity contribution in [3.63, 3.8) is 0 Å². The molecule has 4 aromatic rings. The van der Waals surface area contributed by atoms with Gasteiger partial charge in [-0.3, -0.25) is 0 Å². The molecule has 0 bridgehead atoms. The minimum absolute atomic E-state index is 0.806. The highest BCUT2D eigenvalue weighted by atomic mass is 15.0. The molecule has 0 spiro atoms. The fourth-order valence-corrected chi connectivity index (χ4v) is 2.74. The second-order valence-corrected chi connectivity index (χ2v) is 5.16.